The minimum absolute atomic E-state index is 0.144. The molecule has 5 heteroatoms. The number of hydrogen-bond acceptors (Lipinski definition) is 3. The molecule has 0 fully saturated rings. The number of aromatic nitrogens is 1. The Balaban J connectivity index is 2.36. The number of nitrogen functional groups attached to an aromatic ring is 1. The number of rotatable bonds is 5. The van der Waals surface area contributed by atoms with Gasteiger partial charge in [0.15, 0.2) is 0 Å². The largest absolute Gasteiger partial charge is 0.397 e. The number of ether oxygens (including phenoxy) is 1. The summed E-state index contributed by atoms with van der Waals surface area (Å²) in [6.07, 6.45) is 1.59. The average molecular weight is 211 g/mol. The van der Waals surface area contributed by atoms with Gasteiger partial charge in [0.2, 0.25) is 0 Å². The molecular weight excluding hydrogens is 194 g/mol. The first kappa shape index (κ1) is 11.6. The van der Waals surface area contributed by atoms with Crippen molar-refractivity contribution in [1.82, 2.24) is 10.3 Å². The molecule has 0 radical (unpaired) electrons. The lowest BCUT2D eigenvalue weighted by molar-refractivity contribution is 0.0930. The number of nitrogens with two attached hydrogens (primary N) is 1. The van der Waals surface area contributed by atoms with Gasteiger partial charge in [0, 0.05) is 25.5 Å². The van der Waals surface area contributed by atoms with Crippen LogP contribution in [-0.2, 0) is 4.74 Å². The summed E-state index contributed by atoms with van der Waals surface area (Å²) in [4.78, 5) is 14.3. The van der Waals surface area contributed by atoms with Crippen LogP contribution in [0.5, 0.6) is 0 Å². The number of aromatic amines is 1. The van der Waals surface area contributed by atoms with Crippen LogP contribution in [0.1, 0.15) is 17.4 Å². The van der Waals surface area contributed by atoms with Gasteiger partial charge in [-0.05, 0) is 12.0 Å². The first-order valence-electron chi connectivity index (χ1n) is 4.84. The van der Waals surface area contributed by atoms with E-state index in [-0.39, 0.29) is 5.91 Å². The number of amides is 1. The number of carbonyl (C=O) groups is 1. The SMILES string of the molecule is COCC(C)CNC(=O)c1cc(N)c[nH]1. The van der Waals surface area contributed by atoms with Crippen molar-refractivity contribution in [1.29, 1.82) is 0 Å². The fraction of sp³-hybridized carbons (Fsp3) is 0.500. The zero-order chi connectivity index (χ0) is 11.3. The van der Waals surface area contributed by atoms with E-state index in [4.69, 9.17) is 10.5 Å². The Kier molecular flexibility index (Phi) is 4.17. The Morgan fingerprint density at radius 2 is 2.47 bits per heavy atom. The number of methoxy groups -OCH3 is 1. The molecule has 1 amide bonds. The van der Waals surface area contributed by atoms with Gasteiger partial charge in [-0.2, -0.15) is 0 Å². The van der Waals surface area contributed by atoms with Crippen LogP contribution < -0.4 is 11.1 Å². The number of anilines is 1. The molecule has 15 heavy (non-hydrogen) atoms. The number of hydrogen-bond donors (Lipinski definition) is 3. The molecule has 5 nitrogen and oxygen atoms in total. The lowest BCUT2D eigenvalue weighted by atomic mass is 10.2. The highest BCUT2D eigenvalue weighted by atomic mass is 16.5. The van der Waals surface area contributed by atoms with E-state index >= 15 is 0 Å². The summed E-state index contributed by atoms with van der Waals surface area (Å²) in [6.45, 7) is 3.23. The first-order valence-corrected chi connectivity index (χ1v) is 4.84. The minimum atomic E-state index is -0.144. The Morgan fingerprint density at radius 1 is 1.73 bits per heavy atom. The van der Waals surface area contributed by atoms with Gasteiger partial charge in [-0.1, -0.05) is 6.92 Å². The maximum Gasteiger partial charge on any atom is 0.267 e. The topological polar surface area (TPSA) is 80.1 Å². The molecule has 1 aromatic heterocycles. The van der Waals surface area contributed by atoms with E-state index in [1.807, 2.05) is 6.92 Å². The van der Waals surface area contributed by atoms with E-state index in [0.717, 1.165) is 0 Å². The first-order chi connectivity index (χ1) is 7.13. The Hall–Kier alpha value is -1.49. The maximum absolute atomic E-state index is 11.5. The predicted octanol–water partition coefficient (Wildman–Crippen LogP) is 0.609. The summed E-state index contributed by atoms with van der Waals surface area (Å²) >= 11 is 0. The molecule has 0 saturated heterocycles. The smallest absolute Gasteiger partial charge is 0.267 e. The van der Waals surface area contributed by atoms with Crippen molar-refractivity contribution in [3.63, 3.8) is 0 Å². The van der Waals surface area contributed by atoms with Gasteiger partial charge >= 0.3 is 0 Å². The molecule has 0 aliphatic rings. The van der Waals surface area contributed by atoms with Gasteiger partial charge in [-0.3, -0.25) is 4.79 Å². The number of H-pyrrole nitrogens is 1. The molecule has 4 N–H and O–H groups in total. The van der Waals surface area contributed by atoms with E-state index < -0.39 is 0 Å². The highest BCUT2D eigenvalue weighted by molar-refractivity contribution is 5.93. The third-order valence-corrected chi connectivity index (χ3v) is 2.01. The van der Waals surface area contributed by atoms with Gasteiger partial charge in [-0.25, -0.2) is 0 Å². The van der Waals surface area contributed by atoms with Gasteiger partial charge in [0.25, 0.3) is 5.91 Å². The molecule has 84 valence electrons. The molecule has 0 bridgehead atoms. The molecule has 0 aliphatic heterocycles. The fourth-order valence-corrected chi connectivity index (χ4v) is 1.25. The molecule has 0 saturated carbocycles. The Morgan fingerprint density at radius 3 is 3.00 bits per heavy atom. The summed E-state index contributed by atoms with van der Waals surface area (Å²) in [7, 11) is 1.64. The number of nitrogens with one attached hydrogen (secondary N) is 2. The predicted molar refractivity (Wildman–Crippen MR) is 58.6 cm³/mol. The van der Waals surface area contributed by atoms with Gasteiger partial charge < -0.3 is 20.8 Å². The standard InChI is InChI=1S/C10H17N3O2/c1-7(6-15-2)4-13-10(14)9-3-8(11)5-12-9/h3,5,7,12H,4,6,11H2,1-2H3,(H,13,14). The van der Waals surface area contributed by atoms with Crippen LogP contribution in [0.25, 0.3) is 0 Å². The highest BCUT2D eigenvalue weighted by Gasteiger charge is 2.08. The zero-order valence-electron chi connectivity index (χ0n) is 9.04. The van der Waals surface area contributed by atoms with E-state index in [1.165, 1.54) is 0 Å². The minimum Gasteiger partial charge on any atom is -0.397 e. The van der Waals surface area contributed by atoms with E-state index in [1.54, 1.807) is 19.4 Å². The molecule has 0 spiro atoms. The van der Waals surface area contributed by atoms with E-state index in [2.05, 4.69) is 10.3 Å². The van der Waals surface area contributed by atoms with Crippen molar-refractivity contribution in [2.24, 2.45) is 5.92 Å². The van der Waals surface area contributed by atoms with Crippen molar-refractivity contribution in [3.05, 3.63) is 18.0 Å². The summed E-state index contributed by atoms with van der Waals surface area (Å²) in [5.41, 5.74) is 6.53. The van der Waals surface area contributed by atoms with Gasteiger partial charge in [-0.15, -0.1) is 0 Å². The molecule has 0 aliphatic carbocycles. The molecule has 1 rings (SSSR count). The molecule has 1 unspecified atom stereocenters. The lowest BCUT2D eigenvalue weighted by Gasteiger charge is -2.10. The van der Waals surface area contributed by atoms with Gasteiger partial charge in [0.05, 0.1) is 6.61 Å². The van der Waals surface area contributed by atoms with Crippen LogP contribution in [0.4, 0.5) is 5.69 Å². The van der Waals surface area contributed by atoms with Crippen LogP contribution in [0, 0.1) is 5.92 Å². The Bertz CT molecular complexity index is 322. The molecular formula is C10H17N3O2. The third kappa shape index (κ3) is 3.63. The van der Waals surface area contributed by atoms with Crippen LogP contribution in [0.2, 0.25) is 0 Å². The average Bonchev–Trinajstić information content (AvgIpc) is 2.62. The molecule has 1 heterocycles. The summed E-state index contributed by atoms with van der Waals surface area (Å²) in [5.74, 6) is 0.154. The zero-order valence-corrected chi connectivity index (χ0v) is 9.04. The Labute approximate surface area is 89.0 Å². The van der Waals surface area contributed by atoms with Gasteiger partial charge in [0.1, 0.15) is 5.69 Å². The lowest BCUT2D eigenvalue weighted by Crippen LogP contribution is -2.30. The number of carbonyl (C=O) groups excluding carboxylic acids is 1. The quantitative estimate of drug-likeness (QED) is 0.667. The van der Waals surface area contributed by atoms with Crippen LogP contribution >= 0.6 is 0 Å². The van der Waals surface area contributed by atoms with Crippen LogP contribution in [-0.4, -0.2) is 31.2 Å². The van der Waals surface area contributed by atoms with Crippen molar-refractivity contribution in [2.75, 3.05) is 26.0 Å². The van der Waals surface area contributed by atoms with Crippen molar-refractivity contribution < 1.29 is 9.53 Å². The second-order valence-electron chi connectivity index (χ2n) is 3.62. The van der Waals surface area contributed by atoms with E-state index in [9.17, 15) is 4.79 Å². The van der Waals surface area contributed by atoms with Crippen molar-refractivity contribution >= 4 is 11.6 Å². The second kappa shape index (κ2) is 5.41. The highest BCUT2D eigenvalue weighted by Crippen LogP contribution is 2.04. The monoisotopic (exact) mass is 211 g/mol. The summed E-state index contributed by atoms with van der Waals surface area (Å²) < 4.78 is 4.97. The maximum atomic E-state index is 11.5. The van der Waals surface area contributed by atoms with Crippen molar-refractivity contribution in [2.45, 2.75) is 6.92 Å². The van der Waals surface area contributed by atoms with E-state index in [0.29, 0.717) is 30.5 Å². The third-order valence-electron chi connectivity index (χ3n) is 2.01. The van der Waals surface area contributed by atoms with Crippen LogP contribution in [0.15, 0.2) is 12.3 Å². The summed E-state index contributed by atoms with van der Waals surface area (Å²) in [6, 6.07) is 1.61. The van der Waals surface area contributed by atoms with Crippen molar-refractivity contribution in [3.8, 4) is 0 Å². The molecule has 0 aromatic carbocycles. The van der Waals surface area contributed by atoms with Crippen LogP contribution in [0.3, 0.4) is 0 Å². The fourth-order valence-electron chi connectivity index (χ4n) is 1.25. The summed E-state index contributed by atoms with van der Waals surface area (Å²) in [5, 5.41) is 2.79. The molecule has 1 atom stereocenters. The second-order valence-corrected chi connectivity index (χ2v) is 3.62. The molecule has 1 aromatic rings. The normalized spacial score (nSPS) is 12.4.